The molecule has 3 rings (SSSR count). The molecule has 0 aromatic carbocycles. The molecule has 2 aliphatic rings. The topological polar surface area (TPSA) is 5.90 Å². The maximum absolute atomic E-state index is 2.65. The minimum atomic E-state index is 0.624. The summed E-state index contributed by atoms with van der Waals surface area (Å²) in [7, 11) is 0. The largest absolute Gasteiger partial charge is 0.191 e. The number of rotatable bonds is 1. The summed E-state index contributed by atoms with van der Waals surface area (Å²) >= 11 is 0. The van der Waals surface area contributed by atoms with Crippen molar-refractivity contribution in [2.45, 2.75) is 72.1 Å². The Labute approximate surface area is 116 Å². The van der Waals surface area contributed by atoms with Gasteiger partial charge in [-0.25, -0.2) is 0 Å². The fourth-order valence-corrected chi connectivity index (χ4v) is 3.92. The molecule has 2 aliphatic heterocycles. The molecular weight excluding hydrogens is 230 g/mol. The number of aryl methyl sites for hydroxylation is 1. The molecule has 0 fully saturated rings. The second-order valence-corrected chi connectivity index (χ2v) is 6.67. The third kappa shape index (κ3) is 2.04. The smallest absolute Gasteiger partial charge is 0.169 e. The van der Waals surface area contributed by atoms with Crippen molar-refractivity contribution in [1.82, 2.24) is 0 Å². The molecule has 0 atom stereocenters. The summed E-state index contributed by atoms with van der Waals surface area (Å²) < 4.78 is 2.65. The first-order valence-corrected chi connectivity index (χ1v) is 7.86. The second kappa shape index (κ2) is 4.77. The molecule has 1 aromatic heterocycles. The molecule has 0 saturated carbocycles. The van der Waals surface area contributed by atoms with Gasteiger partial charge in [0.05, 0.1) is 0 Å². The maximum atomic E-state index is 2.65. The summed E-state index contributed by atoms with van der Waals surface area (Å²) in [5, 5.41) is 1.53. The van der Waals surface area contributed by atoms with E-state index < -0.39 is 0 Å². The highest BCUT2D eigenvalue weighted by Crippen LogP contribution is 2.24. The standard InChI is InChI=1S/C18H26N/c1-12(2)16-11-15-9-5-7-14-8-6-10-17(19(14)15)18(16)13(3)4/h11,13H,5-10H2,1-4H3/q+1. The van der Waals surface area contributed by atoms with Gasteiger partial charge >= 0.3 is 0 Å². The first kappa shape index (κ1) is 12.9. The van der Waals surface area contributed by atoms with E-state index in [1.165, 1.54) is 49.3 Å². The van der Waals surface area contributed by atoms with Gasteiger partial charge in [-0.1, -0.05) is 19.4 Å². The Kier molecular flexibility index (Phi) is 3.24. The van der Waals surface area contributed by atoms with Crippen molar-refractivity contribution < 1.29 is 4.24 Å². The third-order valence-corrected chi connectivity index (χ3v) is 4.68. The second-order valence-electron chi connectivity index (χ2n) is 6.67. The third-order valence-electron chi connectivity index (χ3n) is 4.68. The molecule has 0 amide bonds. The Morgan fingerprint density at radius 2 is 1.74 bits per heavy atom. The fraction of sp³-hybridized carbons (Fsp3) is 0.611. The van der Waals surface area contributed by atoms with E-state index in [0.717, 1.165) is 0 Å². The van der Waals surface area contributed by atoms with Gasteiger partial charge in [0, 0.05) is 37.3 Å². The zero-order chi connectivity index (χ0) is 13.6. The van der Waals surface area contributed by atoms with Gasteiger partial charge in [-0.15, -0.1) is 0 Å². The van der Waals surface area contributed by atoms with Crippen LogP contribution in [0, 0.1) is 5.71 Å². The highest BCUT2D eigenvalue weighted by Gasteiger charge is 2.29. The molecule has 1 heteroatoms. The number of nitrogens with zero attached hydrogens (tertiary/aromatic N) is 1. The number of aromatic nitrogens is 1. The molecule has 0 radical (unpaired) electrons. The predicted octanol–water partition coefficient (Wildman–Crippen LogP) is 3.34. The van der Waals surface area contributed by atoms with Crippen LogP contribution in [0.15, 0.2) is 6.07 Å². The van der Waals surface area contributed by atoms with Crippen molar-refractivity contribution in [2.75, 3.05) is 0 Å². The summed E-state index contributed by atoms with van der Waals surface area (Å²) in [6.45, 7) is 9.23. The van der Waals surface area contributed by atoms with Crippen LogP contribution in [0.25, 0.3) is 5.57 Å². The Morgan fingerprint density at radius 1 is 1.05 bits per heavy atom. The lowest BCUT2D eigenvalue weighted by molar-refractivity contribution is -0.554. The molecule has 0 aliphatic carbocycles. The molecule has 19 heavy (non-hydrogen) atoms. The van der Waals surface area contributed by atoms with Crippen molar-refractivity contribution in [3.8, 4) is 0 Å². The van der Waals surface area contributed by atoms with E-state index in [9.17, 15) is 0 Å². The SMILES string of the molecule is CC(C)=c1cc2[n+]3c(c1C(C)C)CCCC=3CCC2. The molecule has 0 N–H and O–H groups in total. The van der Waals surface area contributed by atoms with Crippen molar-refractivity contribution in [3.05, 3.63) is 33.9 Å². The van der Waals surface area contributed by atoms with Gasteiger partial charge in [0.1, 0.15) is 0 Å². The molecule has 102 valence electrons. The lowest BCUT2D eigenvalue weighted by atomic mass is 9.88. The maximum Gasteiger partial charge on any atom is 0.191 e. The van der Waals surface area contributed by atoms with Crippen LogP contribution in [0.3, 0.4) is 0 Å². The number of hydrogen-bond donors (Lipinski definition) is 0. The summed E-state index contributed by atoms with van der Waals surface area (Å²) in [5.74, 6) is 0.624. The van der Waals surface area contributed by atoms with Crippen molar-refractivity contribution in [2.24, 2.45) is 0 Å². The van der Waals surface area contributed by atoms with Crippen LogP contribution in [0.2, 0.25) is 0 Å². The van der Waals surface area contributed by atoms with Crippen LogP contribution in [-0.2, 0) is 12.8 Å². The van der Waals surface area contributed by atoms with Crippen LogP contribution < -0.4 is 9.46 Å². The quantitative estimate of drug-likeness (QED) is 0.680. The minimum absolute atomic E-state index is 0.624. The van der Waals surface area contributed by atoms with Crippen LogP contribution in [-0.4, -0.2) is 0 Å². The number of hydrogen-bond acceptors (Lipinski definition) is 0. The zero-order valence-electron chi connectivity index (χ0n) is 12.8. The van der Waals surface area contributed by atoms with E-state index in [4.69, 9.17) is 0 Å². The average Bonchev–Trinajstić information content (AvgIpc) is 2.38. The molecule has 0 bridgehead atoms. The lowest BCUT2D eigenvalue weighted by Crippen LogP contribution is -2.42. The van der Waals surface area contributed by atoms with Gasteiger partial charge in [0.2, 0.25) is 0 Å². The molecule has 0 unspecified atom stereocenters. The monoisotopic (exact) mass is 256 g/mol. The van der Waals surface area contributed by atoms with E-state index in [2.05, 4.69) is 38.0 Å². The van der Waals surface area contributed by atoms with Crippen molar-refractivity contribution >= 4 is 5.57 Å². The summed E-state index contributed by atoms with van der Waals surface area (Å²) in [6.07, 6.45) is 7.85. The van der Waals surface area contributed by atoms with Gasteiger partial charge < -0.3 is 0 Å². The molecule has 3 heterocycles. The average molecular weight is 256 g/mol. The van der Waals surface area contributed by atoms with E-state index in [1.807, 2.05) is 0 Å². The van der Waals surface area contributed by atoms with E-state index in [1.54, 1.807) is 22.7 Å². The molecule has 0 spiro atoms. The Hall–Kier alpha value is -1.11. The van der Waals surface area contributed by atoms with Gasteiger partial charge in [0.15, 0.2) is 17.1 Å². The first-order valence-electron chi connectivity index (χ1n) is 7.86. The van der Waals surface area contributed by atoms with Gasteiger partial charge in [0.25, 0.3) is 0 Å². The Balaban J connectivity index is 2.48. The van der Waals surface area contributed by atoms with Gasteiger partial charge in [-0.3, -0.25) is 0 Å². The molecule has 1 aromatic rings. The van der Waals surface area contributed by atoms with E-state index in [-0.39, 0.29) is 0 Å². The summed E-state index contributed by atoms with van der Waals surface area (Å²) in [4.78, 5) is 0. The van der Waals surface area contributed by atoms with E-state index in [0.29, 0.717) is 5.92 Å². The van der Waals surface area contributed by atoms with Crippen LogP contribution in [0.1, 0.15) is 76.2 Å². The fourth-order valence-electron chi connectivity index (χ4n) is 3.92. The molecule has 1 nitrogen and oxygen atoms in total. The highest BCUT2D eigenvalue weighted by atomic mass is 14.9. The molecule has 0 saturated heterocycles. The zero-order valence-corrected chi connectivity index (χ0v) is 12.8. The number of pyridine rings is 1. The predicted molar refractivity (Wildman–Crippen MR) is 79.6 cm³/mol. The normalized spacial score (nSPS) is 17.6. The van der Waals surface area contributed by atoms with Crippen molar-refractivity contribution in [3.63, 3.8) is 0 Å². The highest BCUT2D eigenvalue weighted by molar-refractivity contribution is 5.43. The van der Waals surface area contributed by atoms with Crippen LogP contribution in [0.5, 0.6) is 0 Å². The van der Waals surface area contributed by atoms with Crippen LogP contribution >= 0.6 is 0 Å². The molecular formula is C18H26N+. The summed E-state index contributed by atoms with van der Waals surface area (Å²) in [5.41, 5.74) is 7.97. The Bertz CT molecular complexity index is 627. The Morgan fingerprint density at radius 3 is 2.37 bits per heavy atom. The summed E-state index contributed by atoms with van der Waals surface area (Å²) in [6, 6.07) is 2.48. The van der Waals surface area contributed by atoms with Gasteiger partial charge in [-0.2, -0.15) is 4.24 Å². The van der Waals surface area contributed by atoms with Gasteiger partial charge in [-0.05, 0) is 37.8 Å². The van der Waals surface area contributed by atoms with Crippen molar-refractivity contribution in [1.29, 1.82) is 0 Å². The van der Waals surface area contributed by atoms with E-state index >= 15 is 0 Å². The lowest BCUT2D eigenvalue weighted by Gasteiger charge is -2.20. The first-order chi connectivity index (χ1) is 9.09. The minimum Gasteiger partial charge on any atom is -0.169 e. The van der Waals surface area contributed by atoms with Crippen LogP contribution in [0.4, 0.5) is 0 Å².